The van der Waals surface area contributed by atoms with Crippen LogP contribution in [-0.4, -0.2) is 32.1 Å². The molecule has 17 heavy (non-hydrogen) atoms. The maximum absolute atomic E-state index is 11.7. The van der Waals surface area contributed by atoms with Gasteiger partial charge in [-0.1, -0.05) is 15.9 Å². The molecule has 6 heteroatoms. The third-order valence-electron chi connectivity index (χ3n) is 2.42. The van der Waals surface area contributed by atoms with Crippen molar-refractivity contribution in [2.24, 2.45) is 0 Å². The molecule has 4 nitrogen and oxygen atoms in total. The highest BCUT2D eigenvalue weighted by Gasteiger charge is 2.19. The Kier molecular flexibility index (Phi) is 4.46. The van der Waals surface area contributed by atoms with Crippen LogP contribution in [0.5, 0.6) is 0 Å². The molecule has 0 fully saturated rings. The highest BCUT2D eigenvalue weighted by atomic mass is 79.9. The molecule has 0 amide bonds. The Labute approximate surface area is 109 Å². The second-order valence-electron chi connectivity index (χ2n) is 3.77. The first-order valence-electron chi connectivity index (χ1n) is 4.97. The highest BCUT2D eigenvalue weighted by molar-refractivity contribution is 9.10. The summed E-state index contributed by atoms with van der Waals surface area (Å²) in [6, 6.07) is 3.13. The van der Waals surface area contributed by atoms with Crippen LogP contribution in [0.25, 0.3) is 0 Å². The van der Waals surface area contributed by atoms with E-state index >= 15 is 0 Å². The second-order valence-corrected chi connectivity index (χ2v) is 6.61. The minimum Gasteiger partial charge on any atom is -0.396 e. The van der Waals surface area contributed by atoms with Crippen molar-refractivity contribution in [1.82, 2.24) is 0 Å². The monoisotopic (exact) mass is 319 g/mol. The fourth-order valence-electron chi connectivity index (χ4n) is 1.58. The summed E-state index contributed by atoms with van der Waals surface area (Å²) in [7, 11) is -3.38. The van der Waals surface area contributed by atoms with Gasteiger partial charge in [-0.2, -0.15) is 0 Å². The van der Waals surface area contributed by atoms with E-state index in [0.717, 1.165) is 10.7 Å². The number of benzene rings is 1. The Morgan fingerprint density at radius 3 is 2.53 bits per heavy atom. The molecule has 1 aromatic rings. The molecule has 0 aromatic heterocycles. The molecule has 0 atom stereocenters. The summed E-state index contributed by atoms with van der Waals surface area (Å²) in [6.07, 6.45) is 1.26. The van der Waals surface area contributed by atoms with Crippen molar-refractivity contribution >= 4 is 31.5 Å². The Bertz CT molecular complexity index is 552. The normalized spacial score (nSPS) is 11.5. The maximum atomic E-state index is 11.7. The van der Waals surface area contributed by atoms with Gasteiger partial charge in [0.05, 0.1) is 4.90 Å². The lowest BCUT2D eigenvalue weighted by molar-refractivity contribution is 0.307. The number of sulfone groups is 1. The molecule has 0 bridgehead atoms. The van der Waals surface area contributed by atoms with Crippen molar-refractivity contribution in [1.29, 1.82) is 5.41 Å². The largest absolute Gasteiger partial charge is 0.396 e. The Balaban J connectivity index is 3.53. The molecule has 0 aliphatic heterocycles. The van der Waals surface area contributed by atoms with Gasteiger partial charge in [0, 0.05) is 35.0 Å². The number of halogens is 1. The molecule has 0 saturated carbocycles. The van der Waals surface area contributed by atoms with Gasteiger partial charge in [0.25, 0.3) is 0 Å². The first-order chi connectivity index (χ1) is 7.79. The minimum atomic E-state index is -3.38. The second kappa shape index (κ2) is 5.29. The Morgan fingerprint density at radius 2 is 2.06 bits per heavy atom. The van der Waals surface area contributed by atoms with E-state index in [-0.39, 0.29) is 23.6 Å². The van der Waals surface area contributed by atoms with Crippen LogP contribution in [0.4, 0.5) is 0 Å². The van der Waals surface area contributed by atoms with Crippen molar-refractivity contribution in [3.8, 4) is 0 Å². The maximum Gasteiger partial charge on any atom is 0.176 e. The van der Waals surface area contributed by atoms with Crippen LogP contribution in [0.15, 0.2) is 21.5 Å². The summed E-state index contributed by atoms with van der Waals surface area (Å²) in [6.45, 7) is 1.58. The van der Waals surface area contributed by atoms with Crippen molar-refractivity contribution < 1.29 is 13.5 Å². The van der Waals surface area contributed by atoms with E-state index in [0.29, 0.717) is 11.1 Å². The first kappa shape index (κ1) is 14.3. The summed E-state index contributed by atoms with van der Waals surface area (Å²) in [5.74, 6) is 0. The van der Waals surface area contributed by atoms with Crippen molar-refractivity contribution in [2.75, 3.05) is 12.9 Å². The molecule has 0 heterocycles. The number of hydrogen-bond donors (Lipinski definition) is 2. The molecule has 0 aliphatic carbocycles. The third kappa shape index (κ3) is 3.14. The van der Waals surface area contributed by atoms with Crippen molar-refractivity contribution in [2.45, 2.75) is 18.2 Å². The molecule has 0 unspecified atom stereocenters. The average molecular weight is 320 g/mol. The van der Waals surface area contributed by atoms with E-state index in [1.165, 1.54) is 6.07 Å². The zero-order valence-corrected chi connectivity index (χ0v) is 12.0. The molecule has 1 aromatic carbocycles. The van der Waals surface area contributed by atoms with Gasteiger partial charge in [-0.15, -0.1) is 0 Å². The van der Waals surface area contributed by atoms with Crippen LogP contribution in [-0.2, 0) is 9.84 Å². The minimum absolute atomic E-state index is 0.131. The average Bonchev–Trinajstić information content (AvgIpc) is 2.20. The van der Waals surface area contributed by atoms with Gasteiger partial charge in [0.2, 0.25) is 0 Å². The zero-order chi connectivity index (χ0) is 13.2. The summed E-state index contributed by atoms with van der Waals surface area (Å²) in [5, 5.41) is 16.7. The quantitative estimate of drug-likeness (QED) is 0.832. The summed E-state index contributed by atoms with van der Waals surface area (Å²) in [4.78, 5) is 0.136. The molecule has 0 saturated heterocycles. The van der Waals surface area contributed by atoms with Gasteiger partial charge in [-0.3, -0.25) is 0 Å². The zero-order valence-electron chi connectivity index (χ0n) is 9.62. The first-order valence-corrected chi connectivity index (χ1v) is 7.65. The molecule has 0 spiro atoms. The van der Waals surface area contributed by atoms with Crippen LogP contribution >= 0.6 is 15.9 Å². The number of nitrogens with one attached hydrogen (secondary N) is 1. The third-order valence-corrected chi connectivity index (χ3v) is 4.42. The molecular weight excluding hydrogens is 306 g/mol. The summed E-state index contributed by atoms with van der Waals surface area (Å²) >= 11 is 3.31. The van der Waals surface area contributed by atoms with Gasteiger partial charge in [0.1, 0.15) is 0 Å². The fourth-order valence-corrected chi connectivity index (χ4v) is 2.87. The lowest BCUT2D eigenvalue weighted by Gasteiger charge is -2.13. The fraction of sp³-hybridized carbons (Fsp3) is 0.364. The summed E-state index contributed by atoms with van der Waals surface area (Å²) < 4.78 is 24.1. The van der Waals surface area contributed by atoms with E-state index < -0.39 is 9.84 Å². The topological polar surface area (TPSA) is 78.2 Å². The number of aliphatic hydroxyl groups excluding tert-OH is 1. The molecular formula is C11H14BrNO3S. The van der Waals surface area contributed by atoms with E-state index in [2.05, 4.69) is 15.9 Å². The van der Waals surface area contributed by atoms with Crippen LogP contribution in [0.3, 0.4) is 0 Å². The van der Waals surface area contributed by atoms with Gasteiger partial charge in [-0.05, 0) is 24.6 Å². The summed E-state index contributed by atoms with van der Waals surface area (Å²) in [5.41, 5.74) is 1.22. The predicted molar refractivity (Wildman–Crippen MR) is 70.5 cm³/mol. The van der Waals surface area contributed by atoms with Crippen LogP contribution in [0.2, 0.25) is 0 Å². The molecule has 1 rings (SSSR count). The van der Waals surface area contributed by atoms with Crippen LogP contribution in [0.1, 0.15) is 17.5 Å². The van der Waals surface area contributed by atoms with E-state index in [9.17, 15) is 8.42 Å². The lowest BCUT2D eigenvalue weighted by atomic mass is 10.0. The highest BCUT2D eigenvalue weighted by Crippen LogP contribution is 2.27. The Hall–Kier alpha value is -0.720. The molecule has 0 aliphatic rings. The lowest BCUT2D eigenvalue weighted by Crippen LogP contribution is -2.12. The smallest absolute Gasteiger partial charge is 0.176 e. The standard InChI is InChI=1S/C11H14BrNO3S/c1-7-8(12)3-4-10(17(2,15)16)11(7)9(13)5-6-14/h3-4,13-14H,5-6H2,1-2H3. The van der Waals surface area contributed by atoms with Gasteiger partial charge < -0.3 is 10.5 Å². The van der Waals surface area contributed by atoms with Gasteiger partial charge >= 0.3 is 0 Å². The van der Waals surface area contributed by atoms with Crippen LogP contribution in [0, 0.1) is 12.3 Å². The Morgan fingerprint density at radius 1 is 1.47 bits per heavy atom. The van der Waals surface area contributed by atoms with E-state index in [1.807, 2.05) is 0 Å². The van der Waals surface area contributed by atoms with E-state index in [4.69, 9.17) is 10.5 Å². The van der Waals surface area contributed by atoms with Gasteiger partial charge in [-0.25, -0.2) is 8.42 Å². The van der Waals surface area contributed by atoms with Crippen molar-refractivity contribution in [3.05, 3.63) is 27.7 Å². The SMILES string of the molecule is Cc1c(Br)ccc(S(C)(=O)=O)c1C(=N)CCO. The number of aliphatic hydroxyl groups is 1. The van der Waals surface area contributed by atoms with Crippen molar-refractivity contribution in [3.63, 3.8) is 0 Å². The number of hydrogen-bond acceptors (Lipinski definition) is 4. The van der Waals surface area contributed by atoms with Gasteiger partial charge in [0.15, 0.2) is 9.84 Å². The molecule has 0 radical (unpaired) electrons. The molecule has 94 valence electrons. The predicted octanol–water partition coefficient (Wildman–Crippen LogP) is 1.91. The number of rotatable bonds is 4. The van der Waals surface area contributed by atoms with Crippen LogP contribution < -0.4 is 0 Å². The molecule has 2 N–H and O–H groups in total. The van der Waals surface area contributed by atoms with E-state index in [1.54, 1.807) is 13.0 Å².